The number of benzene rings is 1. The lowest BCUT2D eigenvalue weighted by Crippen LogP contribution is -2.38. The minimum Gasteiger partial charge on any atom is -0.352 e. The van der Waals surface area contributed by atoms with Gasteiger partial charge in [0.15, 0.2) is 0 Å². The zero-order valence-electron chi connectivity index (χ0n) is 15.5. The Balaban J connectivity index is 1.37. The first-order chi connectivity index (χ1) is 13.2. The fraction of sp³-hybridized carbons (Fsp3) is 0.350. The minimum atomic E-state index is -0.0284. The molecule has 0 spiro atoms. The van der Waals surface area contributed by atoms with Gasteiger partial charge in [-0.1, -0.05) is 18.2 Å². The Bertz CT molecular complexity index is 900. The van der Waals surface area contributed by atoms with Crippen molar-refractivity contribution in [1.82, 2.24) is 29.8 Å². The molecule has 1 aromatic carbocycles. The summed E-state index contributed by atoms with van der Waals surface area (Å²) >= 11 is 0. The summed E-state index contributed by atoms with van der Waals surface area (Å²) in [6.07, 6.45) is 6.68. The van der Waals surface area contributed by atoms with Crippen LogP contribution in [0.15, 0.2) is 55.0 Å². The summed E-state index contributed by atoms with van der Waals surface area (Å²) in [7, 11) is 1.94. The molecule has 1 atom stereocenters. The third kappa shape index (κ3) is 4.09. The molecule has 3 aromatic rings. The predicted octanol–water partition coefficient (Wildman–Crippen LogP) is 1.99. The van der Waals surface area contributed by atoms with Crippen LogP contribution in [-0.2, 0) is 20.1 Å². The normalized spacial score (nSPS) is 16.9. The van der Waals surface area contributed by atoms with Crippen LogP contribution in [0, 0.1) is 0 Å². The van der Waals surface area contributed by atoms with Crippen LogP contribution in [-0.4, -0.2) is 43.5 Å². The zero-order valence-corrected chi connectivity index (χ0v) is 15.5. The first-order valence-electron chi connectivity index (χ1n) is 9.24. The van der Waals surface area contributed by atoms with Crippen molar-refractivity contribution in [3.63, 3.8) is 0 Å². The molecule has 3 heterocycles. The van der Waals surface area contributed by atoms with Gasteiger partial charge in [0.05, 0.1) is 17.9 Å². The molecule has 7 heteroatoms. The molecule has 0 saturated heterocycles. The molecule has 0 aliphatic carbocycles. The van der Waals surface area contributed by atoms with Crippen LogP contribution in [0.2, 0.25) is 0 Å². The number of hydrogen-bond donors (Lipinski definition) is 1. The summed E-state index contributed by atoms with van der Waals surface area (Å²) in [5, 5.41) is 11.8. The van der Waals surface area contributed by atoms with E-state index in [1.54, 1.807) is 0 Å². The Kier molecular flexibility index (Phi) is 5.02. The average molecular weight is 364 g/mol. The molecule has 0 bridgehead atoms. The maximum atomic E-state index is 12.2. The number of amides is 1. The molecule has 4 rings (SSSR count). The van der Waals surface area contributed by atoms with Crippen molar-refractivity contribution < 1.29 is 4.79 Å². The van der Waals surface area contributed by atoms with Gasteiger partial charge in [-0.3, -0.25) is 19.1 Å². The van der Waals surface area contributed by atoms with Gasteiger partial charge in [-0.15, -0.1) is 0 Å². The van der Waals surface area contributed by atoms with Gasteiger partial charge in [0.25, 0.3) is 5.91 Å². The monoisotopic (exact) mass is 364 g/mol. The SMILES string of the molecule is Cn1cc(CN2Cc3ccnn3[C@@H](CCNC(=O)c3ccccc3)C2)cn1. The molecule has 140 valence electrons. The van der Waals surface area contributed by atoms with Crippen molar-refractivity contribution in [3.05, 3.63) is 71.8 Å². The third-order valence-electron chi connectivity index (χ3n) is 4.92. The van der Waals surface area contributed by atoms with E-state index in [-0.39, 0.29) is 11.9 Å². The summed E-state index contributed by atoms with van der Waals surface area (Å²) < 4.78 is 3.94. The molecule has 0 radical (unpaired) electrons. The Morgan fingerprint density at radius 2 is 2.07 bits per heavy atom. The largest absolute Gasteiger partial charge is 0.352 e. The number of aromatic nitrogens is 4. The average Bonchev–Trinajstić information content (AvgIpc) is 3.31. The number of aryl methyl sites for hydroxylation is 1. The van der Waals surface area contributed by atoms with Crippen LogP contribution in [0.1, 0.15) is 34.1 Å². The molecule has 0 unspecified atom stereocenters. The van der Waals surface area contributed by atoms with Crippen molar-refractivity contribution in [2.75, 3.05) is 13.1 Å². The van der Waals surface area contributed by atoms with Crippen molar-refractivity contribution in [2.45, 2.75) is 25.6 Å². The van der Waals surface area contributed by atoms with Crippen LogP contribution in [0.5, 0.6) is 0 Å². The van der Waals surface area contributed by atoms with Gasteiger partial charge in [0.1, 0.15) is 0 Å². The van der Waals surface area contributed by atoms with E-state index in [1.807, 2.05) is 54.5 Å². The summed E-state index contributed by atoms with van der Waals surface area (Å²) in [6.45, 7) is 3.27. The molecule has 0 saturated carbocycles. The Morgan fingerprint density at radius 1 is 1.22 bits per heavy atom. The van der Waals surface area contributed by atoms with E-state index in [1.165, 1.54) is 11.3 Å². The fourth-order valence-electron chi connectivity index (χ4n) is 3.65. The van der Waals surface area contributed by atoms with E-state index < -0.39 is 0 Å². The molecule has 2 aromatic heterocycles. The molecule has 1 N–H and O–H groups in total. The van der Waals surface area contributed by atoms with Gasteiger partial charge in [-0.05, 0) is 24.6 Å². The smallest absolute Gasteiger partial charge is 0.251 e. The Labute approximate surface area is 158 Å². The first kappa shape index (κ1) is 17.5. The van der Waals surface area contributed by atoms with Crippen LogP contribution >= 0.6 is 0 Å². The predicted molar refractivity (Wildman–Crippen MR) is 102 cm³/mol. The highest BCUT2D eigenvalue weighted by Gasteiger charge is 2.25. The van der Waals surface area contributed by atoms with Crippen LogP contribution in [0.3, 0.4) is 0 Å². The number of nitrogens with one attached hydrogen (secondary N) is 1. The van der Waals surface area contributed by atoms with E-state index in [0.29, 0.717) is 12.1 Å². The quantitative estimate of drug-likeness (QED) is 0.726. The van der Waals surface area contributed by atoms with Gasteiger partial charge in [0, 0.05) is 56.7 Å². The van der Waals surface area contributed by atoms with Crippen molar-refractivity contribution >= 4 is 5.91 Å². The Hall–Kier alpha value is -2.93. The van der Waals surface area contributed by atoms with E-state index in [9.17, 15) is 4.79 Å². The summed E-state index contributed by atoms with van der Waals surface area (Å²) in [6, 6.07) is 11.6. The standard InChI is InChI=1S/C20H24N6O/c1-24-12-16(11-23-24)13-25-14-18(26-19(15-25)8-10-22-26)7-9-21-20(27)17-5-3-2-4-6-17/h2-6,8,10-12,18H,7,9,13-15H2,1H3,(H,21,27)/t18-/m0/s1. The Morgan fingerprint density at radius 3 is 2.85 bits per heavy atom. The number of carbonyl (C=O) groups excluding carboxylic acids is 1. The summed E-state index contributed by atoms with van der Waals surface area (Å²) in [5.74, 6) is -0.0284. The van der Waals surface area contributed by atoms with E-state index in [2.05, 4.69) is 37.4 Å². The van der Waals surface area contributed by atoms with E-state index in [4.69, 9.17) is 0 Å². The summed E-state index contributed by atoms with van der Waals surface area (Å²) in [5.41, 5.74) is 3.12. The van der Waals surface area contributed by atoms with Gasteiger partial charge < -0.3 is 5.32 Å². The molecular formula is C20H24N6O. The lowest BCUT2D eigenvalue weighted by Gasteiger charge is -2.33. The molecule has 1 aliphatic rings. The maximum Gasteiger partial charge on any atom is 0.251 e. The van der Waals surface area contributed by atoms with Crippen molar-refractivity contribution in [1.29, 1.82) is 0 Å². The lowest BCUT2D eigenvalue weighted by molar-refractivity contribution is 0.0947. The highest BCUT2D eigenvalue weighted by molar-refractivity contribution is 5.94. The molecular weight excluding hydrogens is 340 g/mol. The second-order valence-electron chi connectivity index (χ2n) is 7.02. The summed E-state index contributed by atoms with van der Waals surface area (Å²) in [4.78, 5) is 14.7. The molecule has 27 heavy (non-hydrogen) atoms. The second kappa shape index (κ2) is 7.75. The van der Waals surface area contributed by atoms with Crippen LogP contribution < -0.4 is 5.32 Å². The molecule has 0 fully saturated rings. The first-order valence-corrected chi connectivity index (χ1v) is 9.24. The highest BCUT2D eigenvalue weighted by Crippen LogP contribution is 2.24. The van der Waals surface area contributed by atoms with Gasteiger partial charge in [-0.2, -0.15) is 10.2 Å². The number of nitrogens with zero attached hydrogens (tertiary/aromatic N) is 5. The highest BCUT2D eigenvalue weighted by atomic mass is 16.1. The fourth-order valence-corrected chi connectivity index (χ4v) is 3.65. The maximum absolute atomic E-state index is 12.2. The second-order valence-corrected chi connectivity index (χ2v) is 7.02. The van der Waals surface area contributed by atoms with Crippen molar-refractivity contribution in [2.24, 2.45) is 7.05 Å². The van der Waals surface area contributed by atoms with Gasteiger partial charge in [0.2, 0.25) is 0 Å². The van der Waals surface area contributed by atoms with Gasteiger partial charge in [-0.25, -0.2) is 0 Å². The number of fused-ring (bicyclic) bond motifs is 1. The van der Waals surface area contributed by atoms with E-state index in [0.717, 1.165) is 26.1 Å². The topological polar surface area (TPSA) is 68.0 Å². The zero-order chi connectivity index (χ0) is 18.6. The number of rotatable bonds is 6. The number of carbonyl (C=O) groups is 1. The lowest BCUT2D eigenvalue weighted by atomic mass is 10.1. The third-order valence-corrected chi connectivity index (χ3v) is 4.92. The van der Waals surface area contributed by atoms with Crippen LogP contribution in [0.4, 0.5) is 0 Å². The minimum absolute atomic E-state index is 0.0284. The molecule has 1 amide bonds. The van der Waals surface area contributed by atoms with Gasteiger partial charge >= 0.3 is 0 Å². The van der Waals surface area contributed by atoms with E-state index >= 15 is 0 Å². The molecule has 7 nitrogen and oxygen atoms in total. The molecule has 1 aliphatic heterocycles. The van der Waals surface area contributed by atoms with Crippen molar-refractivity contribution in [3.8, 4) is 0 Å². The number of hydrogen-bond acceptors (Lipinski definition) is 4. The van der Waals surface area contributed by atoms with Crippen LogP contribution in [0.25, 0.3) is 0 Å².